The van der Waals surface area contributed by atoms with Crippen LogP contribution in [0.1, 0.15) is 18.4 Å². The lowest BCUT2D eigenvalue weighted by atomic mass is 10.1. The van der Waals surface area contributed by atoms with Crippen molar-refractivity contribution in [3.05, 3.63) is 52.6 Å². The van der Waals surface area contributed by atoms with Crippen molar-refractivity contribution in [1.82, 2.24) is 24.7 Å². The van der Waals surface area contributed by atoms with E-state index in [0.29, 0.717) is 13.1 Å². The van der Waals surface area contributed by atoms with Crippen LogP contribution in [0, 0.1) is 0 Å². The van der Waals surface area contributed by atoms with Gasteiger partial charge in [-0.2, -0.15) is 4.98 Å². The molecule has 160 valence electrons. The van der Waals surface area contributed by atoms with Crippen molar-refractivity contribution in [2.24, 2.45) is 5.73 Å². The van der Waals surface area contributed by atoms with Crippen LogP contribution >= 0.6 is 0 Å². The molecule has 0 bridgehead atoms. The summed E-state index contributed by atoms with van der Waals surface area (Å²) in [7, 11) is 0. The largest absolute Gasteiger partial charge is 0.354 e. The van der Waals surface area contributed by atoms with Crippen molar-refractivity contribution in [1.29, 1.82) is 0 Å². The number of hydrogen-bond acceptors (Lipinski definition) is 6. The van der Waals surface area contributed by atoms with E-state index in [9.17, 15) is 9.59 Å². The molecule has 4 N–H and O–H groups in total. The predicted octanol–water partition coefficient (Wildman–Crippen LogP) is 0.593. The maximum atomic E-state index is 12.5. The number of carbonyl (C=O) groups is 1. The first-order chi connectivity index (χ1) is 14.6. The van der Waals surface area contributed by atoms with Crippen LogP contribution in [0.3, 0.4) is 0 Å². The number of nitrogens with two attached hydrogens (primary N) is 1. The number of hydrogen-bond donors (Lipinski definition) is 3. The van der Waals surface area contributed by atoms with Crippen LogP contribution < -0.4 is 22.1 Å². The zero-order valence-electron chi connectivity index (χ0n) is 17.1. The average Bonchev–Trinajstić information content (AvgIpc) is 2.75. The number of amides is 2. The van der Waals surface area contributed by atoms with Crippen LogP contribution in [0.2, 0.25) is 0 Å². The fourth-order valence-electron chi connectivity index (χ4n) is 3.98. The van der Waals surface area contributed by atoms with Crippen LogP contribution in [0.15, 0.2) is 41.3 Å². The van der Waals surface area contributed by atoms with Crippen LogP contribution in [-0.4, -0.2) is 70.7 Å². The average molecular weight is 412 g/mol. The molecule has 0 unspecified atom stereocenters. The predicted molar refractivity (Wildman–Crippen MR) is 116 cm³/mol. The minimum atomic E-state index is -0.428. The molecule has 0 radical (unpaired) electrons. The lowest BCUT2D eigenvalue weighted by molar-refractivity contribution is 0.201. The maximum Gasteiger partial charge on any atom is 0.354 e. The zero-order chi connectivity index (χ0) is 20.9. The highest BCUT2D eigenvalue weighted by Gasteiger charge is 2.18. The summed E-state index contributed by atoms with van der Waals surface area (Å²) in [5.74, 6) is 0.262. The van der Waals surface area contributed by atoms with Crippen LogP contribution in [0.5, 0.6) is 0 Å². The van der Waals surface area contributed by atoms with Crippen molar-refractivity contribution in [3.8, 4) is 5.69 Å². The summed E-state index contributed by atoms with van der Waals surface area (Å²) in [5.41, 5.74) is 7.56. The van der Waals surface area contributed by atoms with Gasteiger partial charge in [0.1, 0.15) is 5.82 Å². The zero-order valence-corrected chi connectivity index (χ0v) is 17.1. The van der Waals surface area contributed by atoms with E-state index < -0.39 is 5.69 Å². The van der Waals surface area contributed by atoms with Crippen molar-refractivity contribution in [3.63, 3.8) is 0 Å². The Morgan fingerprint density at radius 1 is 1.17 bits per heavy atom. The van der Waals surface area contributed by atoms with E-state index in [0.717, 1.165) is 51.3 Å². The molecule has 9 heteroatoms. The first-order valence-electron chi connectivity index (χ1n) is 10.5. The second-order valence-corrected chi connectivity index (χ2v) is 7.94. The number of likely N-dealkylation sites (tertiary alicyclic amines) is 1. The van der Waals surface area contributed by atoms with Crippen molar-refractivity contribution >= 4 is 11.8 Å². The molecule has 3 heterocycles. The molecule has 2 aromatic rings. The molecule has 2 fully saturated rings. The monoisotopic (exact) mass is 411 g/mol. The molecule has 2 aliphatic rings. The smallest absolute Gasteiger partial charge is 0.327 e. The third-order valence-electron chi connectivity index (χ3n) is 5.61. The van der Waals surface area contributed by atoms with Gasteiger partial charge in [-0.05, 0) is 43.1 Å². The maximum absolute atomic E-state index is 12.5. The van der Waals surface area contributed by atoms with Gasteiger partial charge in [0.25, 0.3) is 0 Å². The second kappa shape index (κ2) is 9.38. The van der Waals surface area contributed by atoms with Gasteiger partial charge < -0.3 is 16.0 Å². The van der Waals surface area contributed by atoms with E-state index in [1.165, 1.54) is 10.1 Å². The number of nitrogens with zero attached hydrogens (tertiary/aromatic N) is 4. The van der Waals surface area contributed by atoms with E-state index >= 15 is 0 Å². The molecule has 2 amide bonds. The Hall–Kier alpha value is -2.75. The van der Waals surface area contributed by atoms with E-state index in [1.807, 2.05) is 24.3 Å². The summed E-state index contributed by atoms with van der Waals surface area (Å²) in [6.07, 6.45) is 3.87. The van der Waals surface area contributed by atoms with E-state index in [2.05, 4.69) is 20.5 Å². The third kappa shape index (κ3) is 5.05. The molecule has 9 nitrogen and oxygen atoms in total. The Morgan fingerprint density at radius 2 is 1.93 bits per heavy atom. The van der Waals surface area contributed by atoms with Crippen LogP contribution in [0.25, 0.3) is 5.69 Å². The number of urea groups is 1. The van der Waals surface area contributed by atoms with Gasteiger partial charge in [0.15, 0.2) is 0 Å². The number of rotatable bonds is 4. The summed E-state index contributed by atoms with van der Waals surface area (Å²) in [6, 6.07) is 9.56. The number of piperidine rings is 1. The Kier molecular flexibility index (Phi) is 6.41. The molecule has 1 aromatic carbocycles. The highest BCUT2D eigenvalue weighted by Crippen LogP contribution is 2.14. The number of nitrogens with one attached hydrogen (secondary N) is 2. The van der Waals surface area contributed by atoms with Gasteiger partial charge in [-0.3, -0.25) is 14.8 Å². The lowest BCUT2D eigenvalue weighted by Gasteiger charge is -2.30. The Bertz CT molecular complexity index is 922. The van der Waals surface area contributed by atoms with Crippen molar-refractivity contribution in [2.45, 2.75) is 25.4 Å². The first-order valence-corrected chi connectivity index (χ1v) is 10.5. The Balaban J connectivity index is 1.40. The molecule has 30 heavy (non-hydrogen) atoms. The molecule has 4 rings (SSSR count). The molecular formula is C21H29N7O2. The number of aromatic nitrogens is 2. The normalized spacial score (nSPS) is 20.2. The SMILES string of the molecule is N[C@@H]1CCCN(Cc2ccc(-n3ccc(NC(=O)N4CCNCC4)nc3=O)cc2)C1. The van der Waals surface area contributed by atoms with Gasteiger partial charge in [0.2, 0.25) is 0 Å². The fourth-order valence-corrected chi connectivity index (χ4v) is 3.98. The van der Waals surface area contributed by atoms with Gasteiger partial charge in [-0.15, -0.1) is 0 Å². The minimum Gasteiger partial charge on any atom is -0.327 e. The number of piperazine rings is 1. The lowest BCUT2D eigenvalue weighted by Crippen LogP contribution is -2.48. The summed E-state index contributed by atoms with van der Waals surface area (Å²) >= 11 is 0. The molecular weight excluding hydrogens is 382 g/mol. The minimum absolute atomic E-state index is 0.233. The molecule has 2 saturated heterocycles. The summed E-state index contributed by atoms with van der Waals surface area (Å²) in [5, 5.41) is 5.91. The second-order valence-electron chi connectivity index (χ2n) is 7.94. The summed E-state index contributed by atoms with van der Waals surface area (Å²) in [4.78, 5) is 32.9. The van der Waals surface area contributed by atoms with Crippen molar-refractivity contribution in [2.75, 3.05) is 44.6 Å². The van der Waals surface area contributed by atoms with Gasteiger partial charge in [-0.1, -0.05) is 12.1 Å². The van der Waals surface area contributed by atoms with Crippen LogP contribution in [0.4, 0.5) is 10.6 Å². The van der Waals surface area contributed by atoms with E-state index in [1.54, 1.807) is 17.2 Å². The topological polar surface area (TPSA) is 109 Å². The molecule has 1 atom stereocenters. The third-order valence-corrected chi connectivity index (χ3v) is 5.61. The summed E-state index contributed by atoms with van der Waals surface area (Å²) < 4.78 is 1.47. The molecule has 1 aromatic heterocycles. The molecule has 2 aliphatic heterocycles. The van der Waals surface area contributed by atoms with E-state index in [4.69, 9.17) is 5.73 Å². The molecule has 0 spiro atoms. The van der Waals surface area contributed by atoms with Crippen molar-refractivity contribution < 1.29 is 4.79 Å². The summed E-state index contributed by atoms with van der Waals surface area (Å²) in [6.45, 7) is 5.66. The first kappa shape index (κ1) is 20.5. The fraction of sp³-hybridized carbons (Fsp3) is 0.476. The van der Waals surface area contributed by atoms with Crippen LogP contribution in [-0.2, 0) is 6.54 Å². The van der Waals surface area contributed by atoms with Gasteiger partial charge >= 0.3 is 11.7 Å². The standard InChI is InChI=1S/C21H29N7O2/c22-17-2-1-10-26(15-17)14-16-3-5-18(6-4-16)28-11-7-19(25-21(28)30)24-20(29)27-12-8-23-9-13-27/h3-7,11,17,23H,1-2,8-10,12-15,22H2,(H,24,25,29,30)/t17-/m1/s1. The highest BCUT2D eigenvalue weighted by atomic mass is 16.2. The molecule has 0 aliphatic carbocycles. The van der Waals surface area contributed by atoms with Gasteiger partial charge in [0.05, 0.1) is 5.69 Å². The quantitative estimate of drug-likeness (QED) is 0.680. The van der Waals surface area contributed by atoms with Gasteiger partial charge in [-0.25, -0.2) is 9.59 Å². The Morgan fingerprint density at radius 3 is 2.63 bits per heavy atom. The Labute approximate surface area is 175 Å². The molecule has 0 saturated carbocycles. The van der Waals surface area contributed by atoms with Gasteiger partial charge in [0, 0.05) is 51.5 Å². The number of carbonyl (C=O) groups excluding carboxylic acids is 1. The van der Waals surface area contributed by atoms with E-state index in [-0.39, 0.29) is 17.9 Å². The highest BCUT2D eigenvalue weighted by molar-refractivity contribution is 5.88. The number of anilines is 1. The number of benzene rings is 1.